The molecular weight excluding hydrogens is 282 g/mol. The predicted octanol–water partition coefficient (Wildman–Crippen LogP) is 1.41. The molecule has 1 aliphatic heterocycles. The van der Waals surface area contributed by atoms with Crippen molar-refractivity contribution in [1.82, 2.24) is 15.5 Å². The zero-order chi connectivity index (χ0) is 15.9. The molecule has 2 rings (SSSR count). The van der Waals surface area contributed by atoms with Gasteiger partial charge in [-0.1, -0.05) is 37.3 Å². The summed E-state index contributed by atoms with van der Waals surface area (Å²) in [6.45, 7) is 3.27. The molecule has 22 heavy (non-hydrogen) atoms. The first-order chi connectivity index (χ1) is 10.6. The van der Waals surface area contributed by atoms with Gasteiger partial charge in [-0.25, -0.2) is 4.79 Å². The number of carbonyl (C=O) groups is 3. The van der Waals surface area contributed by atoms with E-state index in [2.05, 4.69) is 10.6 Å². The predicted molar refractivity (Wildman–Crippen MR) is 81.8 cm³/mol. The van der Waals surface area contributed by atoms with E-state index in [-0.39, 0.29) is 18.2 Å². The number of nitrogens with zero attached hydrogens (tertiary/aromatic N) is 1. The van der Waals surface area contributed by atoms with Gasteiger partial charge in [0.15, 0.2) is 0 Å². The van der Waals surface area contributed by atoms with E-state index in [0.29, 0.717) is 19.5 Å². The number of hydrogen-bond acceptors (Lipinski definition) is 3. The van der Waals surface area contributed by atoms with E-state index in [1.807, 2.05) is 37.3 Å². The Labute approximate surface area is 129 Å². The van der Waals surface area contributed by atoms with E-state index < -0.39 is 12.1 Å². The smallest absolute Gasteiger partial charge is 0.322 e. The maximum Gasteiger partial charge on any atom is 0.322 e. The maximum absolute atomic E-state index is 12.4. The zero-order valence-electron chi connectivity index (χ0n) is 12.7. The summed E-state index contributed by atoms with van der Waals surface area (Å²) in [5, 5.41) is 4.68. The molecule has 118 valence electrons. The van der Waals surface area contributed by atoms with Crippen LogP contribution in [0.5, 0.6) is 0 Å². The fraction of sp³-hybridized carbons (Fsp3) is 0.438. The van der Waals surface area contributed by atoms with Gasteiger partial charge >= 0.3 is 6.03 Å². The van der Waals surface area contributed by atoms with Crippen molar-refractivity contribution in [3.8, 4) is 0 Å². The molecule has 0 spiro atoms. The van der Waals surface area contributed by atoms with Crippen molar-refractivity contribution in [3.05, 3.63) is 35.9 Å². The molecule has 1 fully saturated rings. The van der Waals surface area contributed by atoms with Gasteiger partial charge in [-0.05, 0) is 18.4 Å². The minimum absolute atomic E-state index is 0.000322. The molecule has 1 aromatic carbocycles. The summed E-state index contributed by atoms with van der Waals surface area (Å²) in [6, 6.07) is 8.72. The first kappa shape index (κ1) is 16.0. The normalized spacial score (nSPS) is 17.0. The first-order valence-corrected chi connectivity index (χ1v) is 7.53. The molecule has 2 N–H and O–H groups in total. The van der Waals surface area contributed by atoms with Crippen molar-refractivity contribution in [1.29, 1.82) is 0 Å². The van der Waals surface area contributed by atoms with Gasteiger partial charge in [-0.15, -0.1) is 0 Å². The summed E-state index contributed by atoms with van der Waals surface area (Å²) < 4.78 is 0. The highest BCUT2D eigenvalue weighted by atomic mass is 16.2. The lowest BCUT2D eigenvalue weighted by Crippen LogP contribution is -2.34. The topological polar surface area (TPSA) is 78.5 Å². The van der Waals surface area contributed by atoms with Crippen LogP contribution in [0.1, 0.15) is 31.7 Å². The average Bonchev–Trinajstić information content (AvgIpc) is 2.83. The number of carbonyl (C=O) groups excluding carboxylic acids is 3. The highest BCUT2D eigenvalue weighted by molar-refractivity contribution is 6.04. The number of benzene rings is 1. The van der Waals surface area contributed by atoms with Crippen LogP contribution in [0.25, 0.3) is 0 Å². The van der Waals surface area contributed by atoms with Crippen LogP contribution in [0.15, 0.2) is 30.3 Å². The Morgan fingerprint density at radius 2 is 1.95 bits per heavy atom. The van der Waals surface area contributed by atoms with E-state index in [9.17, 15) is 14.4 Å². The largest absolute Gasteiger partial charge is 0.338 e. The summed E-state index contributed by atoms with van der Waals surface area (Å²) in [7, 11) is 0. The fourth-order valence-corrected chi connectivity index (χ4v) is 2.45. The molecule has 4 amide bonds. The van der Waals surface area contributed by atoms with Gasteiger partial charge in [-0.2, -0.15) is 0 Å². The number of rotatable bonds is 7. The summed E-state index contributed by atoms with van der Waals surface area (Å²) in [5.74, 6) is -0.359. The Bertz CT molecular complexity index is 545. The third-order valence-electron chi connectivity index (χ3n) is 3.57. The van der Waals surface area contributed by atoms with Gasteiger partial charge in [0.1, 0.15) is 6.04 Å². The van der Waals surface area contributed by atoms with Crippen LogP contribution in [-0.4, -0.2) is 35.3 Å². The number of urea groups is 1. The molecule has 0 bridgehead atoms. The zero-order valence-corrected chi connectivity index (χ0v) is 12.7. The van der Waals surface area contributed by atoms with Gasteiger partial charge in [0, 0.05) is 19.5 Å². The molecule has 6 heteroatoms. The van der Waals surface area contributed by atoms with Crippen molar-refractivity contribution in [2.45, 2.75) is 38.8 Å². The molecule has 6 nitrogen and oxygen atoms in total. The molecule has 1 heterocycles. The SMILES string of the molecule is CCCN(Cc1ccccc1)C(=O)CC[C@H]1NC(=O)NC1=O. The molecule has 0 unspecified atom stereocenters. The van der Waals surface area contributed by atoms with Crippen LogP contribution in [0.4, 0.5) is 4.79 Å². The van der Waals surface area contributed by atoms with Crippen LogP contribution < -0.4 is 10.6 Å². The van der Waals surface area contributed by atoms with Crippen LogP contribution >= 0.6 is 0 Å². The van der Waals surface area contributed by atoms with E-state index >= 15 is 0 Å². The third-order valence-corrected chi connectivity index (χ3v) is 3.57. The lowest BCUT2D eigenvalue weighted by Gasteiger charge is -2.22. The number of hydrogen-bond donors (Lipinski definition) is 2. The second-order valence-electron chi connectivity index (χ2n) is 5.35. The van der Waals surface area contributed by atoms with Crippen molar-refractivity contribution >= 4 is 17.8 Å². The number of nitrogens with one attached hydrogen (secondary N) is 2. The molecule has 1 aliphatic rings. The lowest BCUT2D eigenvalue weighted by atomic mass is 10.1. The Balaban J connectivity index is 1.89. The highest BCUT2D eigenvalue weighted by Crippen LogP contribution is 2.10. The summed E-state index contributed by atoms with van der Waals surface area (Å²) >= 11 is 0. The van der Waals surface area contributed by atoms with Crippen LogP contribution in [0.2, 0.25) is 0 Å². The van der Waals surface area contributed by atoms with Gasteiger partial charge in [0.25, 0.3) is 5.91 Å². The van der Waals surface area contributed by atoms with E-state index in [1.54, 1.807) is 4.90 Å². The number of amides is 4. The summed E-state index contributed by atoms with van der Waals surface area (Å²) in [6.07, 6.45) is 1.44. The van der Waals surface area contributed by atoms with Gasteiger partial charge < -0.3 is 10.2 Å². The van der Waals surface area contributed by atoms with Gasteiger partial charge in [0.2, 0.25) is 5.91 Å². The van der Waals surface area contributed by atoms with E-state index in [0.717, 1.165) is 12.0 Å². The molecule has 0 radical (unpaired) electrons. The average molecular weight is 303 g/mol. The molecular formula is C16H21N3O3. The van der Waals surface area contributed by atoms with Crippen LogP contribution in [0, 0.1) is 0 Å². The molecule has 0 aromatic heterocycles. The van der Waals surface area contributed by atoms with Gasteiger partial charge in [0.05, 0.1) is 0 Å². The maximum atomic E-state index is 12.4. The third kappa shape index (κ3) is 4.31. The molecule has 1 aromatic rings. The molecule has 1 saturated heterocycles. The first-order valence-electron chi connectivity index (χ1n) is 7.53. The van der Waals surface area contributed by atoms with Crippen molar-refractivity contribution < 1.29 is 14.4 Å². The minimum atomic E-state index is -0.600. The van der Waals surface area contributed by atoms with Crippen molar-refractivity contribution in [2.24, 2.45) is 0 Å². The van der Waals surface area contributed by atoms with E-state index in [4.69, 9.17) is 0 Å². The number of imide groups is 1. The standard InChI is InChI=1S/C16H21N3O3/c1-2-10-19(11-12-6-4-3-5-7-12)14(20)9-8-13-15(21)18-16(22)17-13/h3-7,13H,2,8-11H2,1H3,(H2,17,18,21,22)/t13-/m1/s1. The fourth-order valence-electron chi connectivity index (χ4n) is 2.45. The second kappa shape index (κ2) is 7.59. The molecule has 0 aliphatic carbocycles. The second-order valence-corrected chi connectivity index (χ2v) is 5.35. The van der Waals surface area contributed by atoms with Gasteiger partial charge in [-0.3, -0.25) is 14.9 Å². The Hall–Kier alpha value is -2.37. The molecule has 1 atom stereocenters. The monoisotopic (exact) mass is 303 g/mol. The Morgan fingerprint density at radius 3 is 2.55 bits per heavy atom. The van der Waals surface area contributed by atoms with Crippen LogP contribution in [-0.2, 0) is 16.1 Å². The molecule has 0 saturated carbocycles. The van der Waals surface area contributed by atoms with Crippen LogP contribution in [0.3, 0.4) is 0 Å². The minimum Gasteiger partial charge on any atom is -0.338 e. The van der Waals surface area contributed by atoms with E-state index in [1.165, 1.54) is 0 Å². The summed E-state index contributed by atoms with van der Waals surface area (Å²) in [5.41, 5.74) is 1.08. The van der Waals surface area contributed by atoms with Crippen molar-refractivity contribution in [2.75, 3.05) is 6.54 Å². The van der Waals surface area contributed by atoms with Crippen molar-refractivity contribution in [3.63, 3.8) is 0 Å². The Morgan fingerprint density at radius 1 is 1.23 bits per heavy atom. The highest BCUT2D eigenvalue weighted by Gasteiger charge is 2.30. The quantitative estimate of drug-likeness (QED) is 0.748. The lowest BCUT2D eigenvalue weighted by molar-refractivity contribution is -0.132. The Kier molecular flexibility index (Phi) is 5.52. The summed E-state index contributed by atoms with van der Waals surface area (Å²) in [4.78, 5) is 36.7.